The van der Waals surface area contributed by atoms with E-state index in [-0.39, 0.29) is 22.9 Å². The fourth-order valence-electron chi connectivity index (χ4n) is 6.96. The van der Waals surface area contributed by atoms with Crippen molar-refractivity contribution in [3.8, 4) is 16.9 Å². The summed E-state index contributed by atoms with van der Waals surface area (Å²) in [6, 6.07) is 13.1. The number of sulfonamides is 1. The normalized spacial score (nSPS) is 27.8. The molecule has 0 amide bonds. The van der Waals surface area contributed by atoms with E-state index < -0.39 is 21.5 Å². The third-order valence-electron chi connectivity index (χ3n) is 9.24. The van der Waals surface area contributed by atoms with Gasteiger partial charge in [-0.25, -0.2) is 13.4 Å². The van der Waals surface area contributed by atoms with Crippen LogP contribution in [0, 0.1) is 16.7 Å². The fourth-order valence-corrected chi connectivity index (χ4v) is 9.42. The zero-order chi connectivity index (χ0) is 25.3. The first-order chi connectivity index (χ1) is 17.2. The standard InChI is InChI=1S/C28H32N2O5S/c1-27(2)19-12-13-28(27,25(31)16-19)17-36(32,33)30-14-6-8-22(30)26-29-21-15-18(10-11-24(21)35-26)20-7-4-5-9-23(20)34-3/h4-5,7,9-11,15,19,22H,6,8,12-14,16-17H2,1-3H3/t19-,22-,28-/m0/s1. The van der Waals surface area contributed by atoms with Crippen LogP contribution in [-0.2, 0) is 14.8 Å². The highest BCUT2D eigenvalue weighted by Gasteiger charge is 2.66. The average Bonchev–Trinajstić information content (AvgIpc) is 3.59. The van der Waals surface area contributed by atoms with E-state index in [2.05, 4.69) is 13.8 Å². The maximum absolute atomic E-state index is 13.8. The highest BCUT2D eigenvalue weighted by Crippen LogP contribution is 2.64. The summed E-state index contributed by atoms with van der Waals surface area (Å²) in [4.78, 5) is 17.7. The molecule has 0 radical (unpaired) electrons. The third kappa shape index (κ3) is 3.37. The minimum atomic E-state index is -3.69. The lowest BCUT2D eigenvalue weighted by molar-refractivity contribution is -0.128. The van der Waals surface area contributed by atoms with Crippen molar-refractivity contribution in [1.82, 2.24) is 9.29 Å². The number of aromatic nitrogens is 1. The van der Waals surface area contributed by atoms with Crippen LogP contribution in [0.5, 0.6) is 5.75 Å². The van der Waals surface area contributed by atoms with Crippen LogP contribution >= 0.6 is 0 Å². The summed E-state index contributed by atoms with van der Waals surface area (Å²) >= 11 is 0. The zero-order valence-corrected chi connectivity index (χ0v) is 21.8. The largest absolute Gasteiger partial charge is 0.496 e. The molecule has 190 valence electrons. The minimum absolute atomic E-state index is 0.114. The lowest BCUT2D eigenvalue weighted by atomic mass is 9.70. The van der Waals surface area contributed by atoms with Gasteiger partial charge in [0.2, 0.25) is 15.9 Å². The van der Waals surface area contributed by atoms with Crippen molar-refractivity contribution in [2.45, 2.75) is 52.0 Å². The van der Waals surface area contributed by atoms with Crippen LogP contribution in [0.2, 0.25) is 0 Å². The van der Waals surface area contributed by atoms with Crippen molar-refractivity contribution in [3.05, 3.63) is 48.4 Å². The number of nitrogens with zero attached hydrogens (tertiary/aromatic N) is 2. The van der Waals surface area contributed by atoms with E-state index in [1.165, 1.54) is 0 Å². The average molecular weight is 509 g/mol. The summed E-state index contributed by atoms with van der Waals surface area (Å²) in [5.41, 5.74) is 2.13. The van der Waals surface area contributed by atoms with Gasteiger partial charge < -0.3 is 9.15 Å². The van der Waals surface area contributed by atoms with Gasteiger partial charge >= 0.3 is 0 Å². The molecule has 2 bridgehead atoms. The summed E-state index contributed by atoms with van der Waals surface area (Å²) in [7, 11) is -2.05. The molecule has 36 heavy (non-hydrogen) atoms. The van der Waals surface area contributed by atoms with Gasteiger partial charge in [0.25, 0.3) is 0 Å². The maximum atomic E-state index is 13.8. The quantitative estimate of drug-likeness (QED) is 0.445. The molecule has 3 fully saturated rings. The van der Waals surface area contributed by atoms with Gasteiger partial charge in [0.1, 0.15) is 23.1 Å². The number of methoxy groups -OCH3 is 1. The van der Waals surface area contributed by atoms with E-state index in [9.17, 15) is 13.2 Å². The van der Waals surface area contributed by atoms with E-state index in [1.54, 1.807) is 11.4 Å². The molecule has 1 aromatic heterocycles. The van der Waals surface area contributed by atoms with Crippen molar-refractivity contribution in [1.29, 1.82) is 0 Å². The second-order valence-corrected chi connectivity index (χ2v) is 13.0. The highest BCUT2D eigenvalue weighted by molar-refractivity contribution is 7.89. The molecule has 3 aromatic rings. The SMILES string of the molecule is COc1ccccc1-c1ccc2oc([C@@H]3CCCN3S(=O)(=O)C[C@@]34CC[C@@H](CC3=O)C4(C)C)nc2c1. The molecular formula is C28H32N2O5S. The number of benzene rings is 2. The third-order valence-corrected chi connectivity index (χ3v) is 11.2. The maximum Gasteiger partial charge on any atom is 0.215 e. The zero-order valence-electron chi connectivity index (χ0n) is 21.0. The summed E-state index contributed by atoms with van der Waals surface area (Å²) in [6.07, 6.45) is 3.49. The Bertz CT molecular complexity index is 1460. The lowest BCUT2D eigenvalue weighted by Gasteiger charge is -2.37. The van der Waals surface area contributed by atoms with Crippen LogP contribution in [0.25, 0.3) is 22.2 Å². The summed E-state index contributed by atoms with van der Waals surface area (Å²) < 4.78 is 40.8. The second-order valence-electron chi connectivity index (χ2n) is 11.1. The lowest BCUT2D eigenvalue weighted by Crippen LogP contribution is -2.46. The Morgan fingerprint density at radius 1 is 1.17 bits per heavy atom. The Hall–Kier alpha value is -2.71. The molecule has 2 heterocycles. The Morgan fingerprint density at radius 3 is 2.69 bits per heavy atom. The number of Topliss-reactive ketones (excluding diaryl/α,β-unsaturated/α-hetero) is 1. The summed E-state index contributed by atoms with van der Waals surface area (Å²) in [5, 5.41) is 0. The van der Waals surface area contributed by atoms with Crippen molar-refractivity contribution >= 4 is 26.9 Å². The summed E-state index contributed by atoms with van der Waals surface area (Å²) in [6.45, 7) is 4.58. The number of oxazole rings is 1. The van der Waals surface area contributed by atoms with E-state index in [0.29, 0.717) is 42.8 Å². The first-order valence-electron chi connectivity index (χ1n) is 12.7. The van der Waals surface area contributed by atoms with Crippen molar-refractivity contribution in [3.63, 3.8) is 0 Å². The van der Waals surface area contributed by atoms with Gasteiger partial charge in [0, 0.05) is 23.9 Å². The molecule has 7 nitrogen and oxygen atoms in total. The number of fused-ring (bicyclic) bond motifs is 3. The molecule has 2 aromatic carbocycles. The number of ketones is 1. The first-order valence-corrected chi connectivity index (χ1v) is 14.3. The Labute approximate surface area is 211 Å². The predicted octanol–water partition coefficient (Wildman–Crippen LogP) is 5.37. The number of hydrogen-bond acceptors (Lipinski definition) is 6. The first kappa shape index (κ1) is 23.7. The van der Waals surface area contributed by atoms with Crippen LogP contribution in [0.1, 0.15) is 57.9 Å². The Morgan fingerprint density at radius 2 is 1.97 bits per heavy atom. The van der Waals surface area contributed by atoms with Gasteiger partial charge in [-0.1, -0.05) is 38.1 Å². The van der Waals surface area contributed by atoms with E-state index in [1.807, 2.05) is 42.5 Å². The predicted molar refractivity (Wildman–Crippen MR) is 137 cm³/mol. The van der Waals surface area contributed by atoms with E-state index >= 15 is 0 Å². The number of carbonyl (C=O) groups excluding carboxylic acids is 1. The van der Waals surface area contributed by atoms with Crippen LogP contribution in [0.4, 0.5) is 0 Å². The molecule has 2 saturated carbocycles. The molecule has 0 N–H and O–H groups in total. The van der Waals surface area contributed by atoms with Gasteiger partial charge in [-0.3, -0.25) is 4.79 Å². The monoisotopic (exact) mass is 508 g/mol. The number of ether oxygens (including phenoxy) is 1. The molecule has 0 spiro atoms. The van der Waals surface area contributed by atoms with Crippen LogP contribution < -0.4 is 4.74 Å². The molecule has 6 rings (SSSR count). The smallest absolute Gasteiger partial charge is 0.215 e. The topological polar surface area (TPSA) is 89.7 Å². The van der Waals surface area contributed by atoms with Crippen molar-refractivity contribution in [2.24, 2.45) is 16.7 Å². The van der Waals surface area contributed by atoms with Gasteiger partial charge in [-0.05, 0) is 60.8 Å². The number of para-hydroxylation sites is 1. The van der Waals surface area contributed by atoms with Crippen molar-refractivity contribution < 1.29 is 22.4 Å². The van der Waals surface area contributed by atoms with Crippen molar-refractivity contribution in [2.75, 3.05) is 19.4 Å². The van der Waals surface area contributed by atoms with E-state index in [4.69, 9.17) is 14.1 Å². The molecule has 8 heteroatoms. The van der Waals surface area contributed by atoms with Gasteiger partial charge in [0.05, 0.1) is 12.9 Å². The molecule has 1 saturated heterocycles. The Balaban J connectivity index is 1.31. The van der Waals surface area contributed by atoms with Gasteiger partial charge in [-0.2, -0.15) is 4.31 Å². The Kier molecular flexibility index (Phi) is 5.36. The molecule has 3 atom stereocenters. The van der Waals surface area contributed by atoms with Gasteiger partial charge in [0.15, 0.2) is 5.58 Å². The highest BCUT2D eigenvalue weighted by atomic mass is 32.2. The number of rotatable bonds is 6. The van der Waals surface area contributed by atoms with E-state index in [0.717, 1.165) is 29.7 Å². The van der Waals surface area contributed by atoms with Gasteiger partial charge in [-0.15, -0.1) is 0 Å². The molecule has 0 unspecified atom stereocenters. The van der Waals surface area contributed by atoms with Crippen LogP contribution in [0.15, 0.2) is 46.9 Å². The van der Waals surface area contributed by atoms with Crippen LogP contribution in [0.3, 0.4) is 0 Å². The molecule has 3 aliphatic rings. The van der Waals surface area contributed by atoms with Crippen LogP contribution in [-0.4, -0.2) is 42.9 Å². The molecule has 1 aliphatic heterocycles. The minimum Gasteiger partial charge on any atom is -0.496 e. The fraction of sp³-hybridized carbons (Fsp3) is 0.500. The molecule has 2 aliphatic carbocycles. The number of hydrogen-bond donors (Lipinski definition) is 0. The second kappa shape index (κ2) is 8.15. The molecular weight excluding hydrogens is 476 g/mol. The number of carbonyl (C=O) groups is 1. The summed E-state index contributed by atoms with van der Waals surface area (Å²) in [5.74, 6) is 1.48.